The molecular formula is C15H24N4. The smallest absolute Gasteiger partial charge is 0.224 e. The first-order valence-corrected chi connectivity index (χ1v) is 7.57. The van der Waals surface area contributed by atoms with E-state index in [1.807, 2.05) is 12.4 Å². The Bertz CT molecular complexity index is 393. The fourth-order valence-electron chi connectivity index (χ4n) is 2.92. The predicted molar refractivity (Wildman–Crippen MR) is 77.5 cm³/mol. The maximum absolute atomic E-state index is 4.53. The highest BCUT2D eigenvalue weighted by Gasteiger charge is 2.20. The van der Waals surface area contributed by atoms with Crippen LogP contribution in [0.25, 0.3) is 0 Å². The van der Waals surface area contributed by atoms with E-state index in [4.69, 9.17) is 0 Å². The largest absolute Gasteiger partial charge is 0.344 e. The third kappa shape index (κ3) is 3.06. The quantitative estimate of drug-likeness (QED) is 0.881. The zero-order valence-corrected chi connectivity index (χ0v) is 11.8. The Balaban J connectivity index is 1.52. The van der Waals surface area contributed by atoms with E-state index in [1.165, 1.54) is 50.8 Å². The summed E-state index contributed by atoms with van der Waals surface area (Å²) < 4.78 is 0. The summed E-state index contributed by atoms with van der Waals surface area (Å²) in [6, 6.07) is 0. The average molecular weight is 260 g/mol. The number of hydrogen-bond acceptors (Lipinski definition) is 4. The van der Waals surface area contributed by atoms with Crippen LogP contribution in [-0.2, 0) is 0 Å². The molecule has 1 aromatic rings. The van der Waals surface area contributed by atoms with Gasteiger partial charge in [-0.15, -0.1) is 0 Å². The second-order valence-corrected chi connectivity index (χ2v) is 6.01. The van der Waals surface area contributed by atoms with Crippen molar-refractivity contribution in [1.29, 1.82) is 0 Å². The van der Waals surface area contributed by atoms with Gasteiger partial charge in [0.25, 0.3) is 0 Å². The van der Waals surface area contributed by atoms with Crippen molar-refractivity contribution in [2.24, 2.45) is 5.92 Å². The summed E-state index contributed by atoms with van der Waals surface area (Å²) in [7, 11) is 2.10. The number of rotatable bonds is 5. The van der Waals surface area contributed by atoms with Gasteiger partial charge in [0, 0.05) is 26.0 Å². The molecule has 1 aliphatic heterocycles. The molecule has 2 aliphatic rings. The first kappa shape index (κ1) is 12.9. The summed E-state index contributed by atoms with van der Waals surface area (Å²) in [6.45, 7) is 3.41. The van der Waals surface area contributed by atoms with E-state index >= 15 is 0 Å². The van der Waals surface area contributed by atoms with Crippen LogP contribution in [0, 0.1) is 5.92 Å². The van der Waals surface area contributed by atoms with Crippen LogP contribution in [0.15, 0.2) is 12.4 Å². The fraction of sp³-hybridized carbons (Fsp3) is 0.733. The highest BCUT2D eigenvalue weighted by Crippen LogP contribution is 2.35. The van der Waals surface area contributed by atoms with Crippen molar-refractivity contribution in [2.75, 3.05) is 31.6 Å². The van der Waals surface area contributed by atoms with Crippen LogP contribution in [0.2, 0.25) is 0 Å². The van der Waals surface area contributed by atoms with E-state index in [0.717, 1.165) is 24.3 Å². The summed E-state index contributed by atoms with van der Waals surface area (Å²) >= 11 is 0. The molecule has 0 spiro atoms. The van der Waals surface area contributed by atoms with Crippen molar-refractivity contribution in [3.63, 3.8) is 0 Å². The zero-order chi connectivity index (χ0) is 13.1. The summed E-state index contributed by atoms with van der Waals surface area (Å²) in [4.78, 5) is 11.2. The minimum Gasteiger partial charge on any atom is -0.344 e. The normalized spacial score (nSPS) is 23.3. The van der Waals surface area contributed by atoms with Gasteiger partial charge in [-0.25, -0.2) is 9.97 Å². The van der Waals surface area contributed by atoms with Gasteiger partial charge in [0.2, 0.25) is 5.95 Å². The van der Waals surface area contributed by atoms with Gasteiger partial charge in [0.15, 0.2) is 0 Å². The molecule has 0 bridgehead atoms. The number of nitrogens with one attached hydrogen (secondary N) is 1. The van der Waals surface area contributed by atoms with Crippen molar-refractivity contribution >= 4 is 5.95 Å². The Labute approximate surface area is 115 Å². The molecule has 0 aromatic carbocycles. The van der Waals surface area contributed by atoms with Gasteiger partial charge in [0.05, 0.1) is 0 Å². The summed E-state index contributed by atoms with van der Waals surface area (Å²) in [5, 5.41) is 3.42. The van der Waals surface area contributed by atoms with Crippen molar-refractivity contribution in [3.8, 4) is 0 Å². The Morgan fingerprint density at radius 1 is 1.26 bits per heavy atom. The van der Waals surface area contributed by atoms with Gasteiger partial charge < -0.3 is 10.2 Å². The Hall–Kier alpha value is -1.16. The lowest BCUT2D eigenvalue weighted by molar-refractivity contribution is 0.417. The van der Waals surface area contributed by atoms with Crippen molar-refractivity contribution in [1.82, 2.24) is 15.3 Å². The predicted octanol–water partition coefficient (Wildman–Crippen LogP) is 2.18. The van der Waals surface area contributed by atoms with E-state index in [0.29, 0.717) is 0 Å². The minimum absolute atomic E-state index is 0.726. The lowest BCUT2D eigenvalue weighted by Gasteiger charge is -2.25. The molecule has 19 heavy (non-hydrogen) atoms. The van der Waals surface area contributed by atoms with Gasteiger partial charge in [0.1, 0.15) is 0 Å². The molecule has 0 amide bonds. The van der Waals surface area contributed by atoms with E-state index in [-0.39, 0.29) is 0 Å². The molecule has 1 atom stereocenters. The number of hydrogen-bond donors (Lipinski definition) is 1. The van der Waals surface area contributed by atoms with Crippen LogP contribution in [0.1, 0.15) is 43.6 Å². The van der Waals surface area contributed by atoms with E-state index < -0.39 is 0 Å². The van der Waals surface area contributed by atoms with Crippen molar-refractivity contribution in [2.45, 2.75) is 38.0 Å². The molecule has 1 N–H and O–H groups in total. The van der Waals surface area contributed by atoms with Crippen LogP contribution >= 0.6 is 0 Å². The van der Waals surface area contributed by atoms with E-state index in [2.05, 4.69) is 27.2 Å². The molecule has 1 aliphatic carbocycles. The molecule has 2 fully saturated rings. The van der Waals surface area contributed by atoms with Gasteiger partial charge in [-0.1, -0.05) is 6.42 Å². The summed E-state index contributed by atoms with van der Waals surface area (Å²) in [5.41, 5.74) is 1.32. The first-order chi connectivity index (χ1) is 9.33. The van der Waals surface area contributed by atoms with Crippen molar-refractivity contribution in [3.05, 3.63) is 18.0 Å². The molecule has 4 heteroatoms. The lowest BCUT2D eigenvalue weighted by Crippen LogP contribution is -2.24. The maximum atomic E-state index is 4.53. The van der Waals surface area contributed by atoms with Crippen LogP contribution in [-0.4, -0.2) is 36.6 Å². The highest BCUT2D eigenvalue weighted by atomic mass is 15.2. The second-order valence-electron chi connectivity index (χ2n) is 6.01. The molecule has 1 saturated heterocycles. The van der Waals surface area contributed by atoms with Crippen LogP contribution < -0.4 is 10.2 Å². The van der Waals surface area contributed by atoms with E-state index in [1.54, 1.807) is 0 Å². The van der Waals surface area contributed by atoms with Crippen LogP contribution in [0.5, 0.6) is 0 Å². The van der Waals surface area contributed by atoms with Gasteiger partial charge in [-0.05, 0) is 56.2 Å². The Kier molecular flexibility index (Phi) is 3.97. The van der Waals surface area contributed by atoms with Crippen LogP contribution in [0.3, 0.4) is 0 Å². The lowest BCUT2D eigenvalue weighted by atomic mass is 9.81. The number of nitrogens with zero attached hydrogens (tertiary/aromatic N) is 3. The van der Waals surface area contributed by atoms with Gasteiger partial charge in [-0.2, -0.15) is 0 Å². The molecule has 2 heterocycles. The second kappa shape index (κ2) is 5.87. The molecule has 1 saturated carbocycles. The summed E-state index contributed by atoms with van der Waals surface area (Å²) in [5.74, 6) is 2.43. The van der Waals surface area contributed by atoms with Gasteiger partial charge >= 0.3 is 0 Å². The first-order valence-electron chi connectivity index (χ1n) is 7.57. The minimum atomic E-state index is 0.726. The molecule has 0 radical (unpaired) electrons. The molecular weight excluding hydrogens is 236 g/mol. The topological polar surface area (TPSA) is 41.0 Å². The molecule has 104 valence electrons. The summed E-state index contributed by atoms with van der Waals surface area (Å²) in [6.07, 6.45) is 10.6. The van der Waals surface area contributed by atoms with Crippen molar-refractivity contribution < 1.29 is 0 Å². The molecule has 3 rings (SSSR count). The van der Waals surface area contributed by atoms with E-state index in [9.17, 15) is 0 Å². The Morgan fingerprint density at radius 3 is 2.63 bits per heavy atom. The van der Waals surface area contributed by atoms with Crippen LogP contribution in [0.4, 0.5) is 5.95 Å². The molecule has 1 aromatic heterocycles. The fourth-order valence-corrected chi connectivity index (χ4v) is 2.92. The SMILES string of the molecule is CN(CCC1CCNC1)c1ncc(C2CCC2)cn1. The van der Waals surface area contributed by atoms with Gasteiger partial charge in [-0.3, -0.25) is 0 Å². The number of aromatic nitrogens is 2. The number of anilines is 1. The third-order valence-corrected chi connectivity index (χ3v) is 4.61. The average Bonchev–Trinajstić information content (AvgIpc) is 2.88. The highest BCUT2D eigenvalue weighted by molar-refractivity contribution is 5.29. The molecule has 1 unspecified atom stereocenters. The standard InChI is InChI=1S/C15H24N4/c1-19(8-6-12-5-7-16-9-12)15-17-10-14(11-18-15)13-3-2-4-13/h10-13,16H,2-9H2,1H3. The third-order valence-electron chi connectivity index (χ3n) is 4.61. The monoisotopic (exact) mass is 260 g/mol. The zero-order valence-electron chi connectivity index (χ0n) is 11.8. The molecule has 4 nitrogen and oxygen atoms in total. The Morgan fingerprint density at radius 2 is 2.05 bits per heavy atom. The maximum Gasteiger partial charge on any atom is 0.224 e.